The largest absolute Gasteiger partial charge is 0.356 e. The number of aryl methyl sites for hydroxylation is 1. The molecule has 1 aromatic heterocycles. The molecular weight excluding hydrogens is 371 g/mol. The molecule has 2 aromatic rings. The number of carbonyl (C=O) groups is 1. The Balaban J connectivity index is 1.51. The highest BCUT2D eigenvalue weighted by Gasteiger charge is 2.26. The van der Waals surface area contributed by atoms with Gasteiger partial charge in [-0.05, 0) is 44.4 Å². The van der Waals surface area contributed by atoms with Crippen molar-refractivity contribution in [1.82, 2.24) is 20.4 Å². The number of hydrogen-bond acceptors (Lipinski definition) is 5. The summed E-state index contributed by atoms with van der Waals surface area (Å²) in [6.45, 7) is 6.75. The monoisotopic (exact) mass is 402 g/mol. The molecule has 0 saturated carbocycles. The van der Waals surface area contributed by atoms with Crippen LogP contribution in [0, 0.1) is 18.7 Å². The first-order valence-corrected chi connectivity index (χ1v) is 10.7. The zero-order valence-corrected chi connectivity index (χ0v) is 17.4. The second kappa shape index (κ2) is 10.5. The lowest BCUT2D eigenvalue weighted by Crippen LogP contribution is -2.42. The number of aromatic nitrogens is 2. The van der Waals surface area contributed by atoms with Crippen molar-refractivity contribution >= 4 is 5.91 Å². The first-order valence-electron chi connectivity index (χ1n) is 10.7. The number of carbonyl (C=O) groups excluding carboxylic acids is 1. The minimum atomic E-state index is -0.284. The Hall–Kier alpha value is -2.28. The van der Waals surface area contributed by atoms with Crippen LogP contribution in [0.4, 0.5) is 4.39 Å². The Labute approximate surface area is 171 Å². The van der Waals surface area contributed by atoms with Crippen LogP contribution in [0.1, 0.15) is 56.9 Å². The quantitative estimate of drug-likeness (QED) is 0.640. The zero-order chi connectivity index (χ0) is 20.6. The van der Waals surface area contributed by atoms with E-state index in [9.17, 15) is 9.18 Å². The molecule has 0 spiro atoms. The Kier molecular flexibility index (Phi) is 7.75. The van der Waals surface area contributed by atoms with Crippen LogP contribution in [0.25, 0.3) is 11.4 Å². The van der Waals surface area contributed by atoms with E-state index in [1.165, 1.54) is 18.9 Å². The molecule has 158 valence electrons. The Morgan fingerprint density at radius 3 is 3.00 bits per heavy atom. The van der Waals surface area contributed by atoms with Crippen LogP contribution >= 0.6 is 0 Å². The van der Waals surface area contributed by atoms with Crippen molar-refractivity contribution < 1.29 is 13.7 Å². The Bertz CT molecular complexity index is 808. The molecule has 0 bridgehead atoms. The predicted molar refractivity (Wildman–Crippen MR) is 110 cm³/mol. The first-order chi connectivity index (χ1) is 14.1. The van der Waals surface area contributed by atoms with Gasteiger partial charge in [0, 0.05) is 18.7 Å². The minimum Gasteiger partial charge on any atom is -0.356 e. The van der Waals surface area contributed by atoms with E-state index in [2.05, 4.69) is 27.3 Å². The summed E-state index contributed by atoms with van der Waals surface area (Å²) in [5, 5.41) is 7.06. The number of piperidine rings is 1. The molecule has 6 nitrogen and oxygen atoms in total. The summed E-state index contributed by atoms with van der Waals surface area (Å²) in [6.07, 6.45) is 6.50. The van der Waals surface area contributed by atoms with E-state index in [1.807, 2.05) is 0 Å². The molecule has 1 aliphatic heterocycles. The highest BCUT2D eigenvalue weighted by molar-refractivity contribution is 5.78. The number of hydrogen-bond donors (Lipinski definition) is 1. The van der Waals surface area contributed by atoms with Gasteiger partial charge in [-0.25, -0.2) is 4.39 Å². The van der Waals surface area contributed by atoms with E-state index in [-0.39, 0.29) is 17.6 Å². The van der Waals surface area contributed by atoms with Gasteiger partial charge in [-0.2, -0.15) is 4.98 Å². The minimum absolute atomic E-state index is 0.00325. The van der Waals surface area contributed by atoms with E-state index >= 15 is 0 Å². The topological polar surface area (TPSA) is 71.3 Å². The summed E-state index contributed by atoms with van der Waals surface area (Å²) in [4.78, 5) is 19.0. The number of nitrogens with zero attached hydrogens (tertiary/aromatic N) is 3. The van der Waals surface area contributed by atoms with Crippen molar-refractivity contribution in [3.63, 3.8) is 0 Å². The van der Waals surface area contributed by atoms with Gasteiger partial charge < -0.3 is 9.84 Å². The number of unbranched alkanes of at least 4 members (excludes halogenated alkanes) is 3. The van der Waals surface area contributed by atoms with Gasteiger partial charge in [0.15, 0.2) is 0 Å². The molecule has 1 aromatic carbocycles. The molecule has 1 amide bonds. The molecule has 0 aliphatic carbocycles. The average Bonchev–Trinajstić information content (AvgIpc) is 3.18. The van der Waals surface area contributed by atoms with Crippen LogP contribution < -0.4 is 5.32 Å². The van der Waals surface area contributed by atoms with Crippen LogP contribution in [0.3, 0.4) is 0 Å². The van der Waals surface area contributed by atoms with Gasteiger partial charge in [-0.3, -0.25) is 9.69 Å². The average molecular weight is 403 g/mol. The van der Waals surface area contributed by atoms with Crippen molar-refractivity contribution in [3.8, 4) is 11.4 Å². The predicted octanol–water partition coefficient (Wildman–Crippen LogP) is 4.09. The molecule has 1 aliphatic rings. The second-order valence-electron chi connectivity index (χ2n) is 7.90. The fourth-order valence-electron chi connectivity index (χ4n) is 3.68. The molecule has 3 rings (SSSR count). The molecule has 0 radical (unpaired) electrons. The Morgan fingerprint density at radius 2 is 2.21 bits per heavy atom. The number of halogens is 1. The first kappa shape index (κ1) is 21.4. The van der Waals surface area contributed by atoms with Gasteiger partial charge in [0.25, 0.3) is 0 Å². The van der Waals surface area contributed by atoms with E-state index in [1.54, 1.807) is 19.1 Å². The summed E-state index contributed by atoms with van der Waals surface area (Å²) in [6, 6.07) is 4.91. The van der Waals surface area contributed by atoms with E-state index in [0.29, 0.717) is 35.9 Å². The smallest absolute Gasteiger partial charge is 0.241 e. The van der Waals surface area contributed by atoms with E-state index in [4.69, 9.17) is 4.52 Å². The Morgan fingerprint density at radius 1 is 1.34 bits per heavy atom. The molecule has 29 heavy (non-hydrogen) atoms. The van der Waals surface area contributed by atoms with Crippen LogP contribution in [-0.2, 0) is 11.3 Å². The van der Waals surface area contributed by atoms with Crippen LogP contribution in [0.5, 0.6) is 0 Å². The van der Waals surface area contributed by atoms with Gasteiger partial charge in [0.05, 0.1) is 12.5 Å². The lowest BCUT2D eigenvalue weighted by Gasteiger charge is -2.30. The number of rotatable bonds is 9. The van der Waals surface area contributed by atoms with Crippen molar-refractivity contribution in [2.45, 2.75) is 58.9 Å². The van der Waals surface area contributed by atoms with Gasteiger partial charge in [0.1, 0.15) is 5.82 Å². The molecule has 1 N–H and O–H groups in total. The van der Waals surface area contributed by atoms with Crippen LogP contribution in [0.2, 0.25) is 0 Å². The third-order valence-corrected chi connectivity index (χ3v) is 5.46. The van der Waals surface area contributed by atoms with Crippen molar-refractivity contribution in [1.29, 1.82) is 0 Å². The van der Waals surface area contributed by atoms with Crippen LogP contribution in [0.15, 0.2) is 22.7 Å². The molecule has 2 heterocycles. The third kappa shape index (κ3) is 6.10. The number of likely N-dealkylation sites (tertiary alicyclic amines) is 1. The zero-order valence-electron chi connectivity index (χ0n) is 17.4. The number of nitrogens with one attached hydrogen (secondary N) is 1. The summed E-state index contributed by atoms with van der Waals surface area (Å²) in [7, 11) is 0. The summed E-state index contributed by atoms with van der Waals surface area (Å²) >= 11 is 0. The van der Waals surface area contributed by atoms with Gasteiger partial charge >= 0.3 is 0 Å². The highest BCUT2D eigenvalue weighted by Crippen LogP contribution is 2.21. The van der Waals surface area contributed by atoms with Crippen LogP contribution in [-0.4, -0.2) is 40.6 Å². The SMILES string of the molecule is CCCCCCNC(=O)C1CCCN(Cc2nc(-c3ccc(C)c(F)c3)no2)C1. The normalized spacial score (nSPS) is 17.4. The van der Waals surface area contributed by atoms with E-state index < -0.39 is 0 Å². The highest BCUT2D eigenvalue weighted by atomic mass is 19.1. The molecule has 1 unspecified atom stereocenters. The third-order valence-electron chi connectivity index (χ3n) is 5.46. The second-order valence-corrected chi connectivity index (χ2v) is 7.90. The fourth-order valence-corrected chi connectivity index (χ4v) is 3.68. The molecule has 1 saturated heterocycles. The van der Waals surface area contributed by atoms with Gasteiger partial charge in [0.2, 0.25) is 17.6 Å². The molecular formula is C22H31FN4O2. The maximum Gasteiger partial charge on any atom is 0.241 e. The molecule has 1 fully saturated rings. The van der Waals surface area contributed by atoms with Gasteiger partial charge in [-0.15, -0.1) is 0 Å². The number of amides is 1. The van der Waals surface area contributed by atoms with Gasteiger partial charge in [-0.1, -0.05) is 43.5 Å². The summed E-state index contributed by atoms with van der Waals surface area (Å²) in [5.74, 6) is 0.739. The number of benzene rings is 1. The molecule has 1 atom stereocenters. The fraction of sp³-hybridized carbons (Fsp3) is 0.591. The lowest BCUT2D eigenvalue weighted by molar-refractivity contribution is -0.126. The molecule has 7 heteroatoms. The summed E-state index contributed by atoms with van der Waals surface area (Å²) < 4.78 is 19.1. The van der Waals surface area contributed by atoms with E-state index in [0.717, 1.165) is 38.8 Å². The lowest BCUT2D eigenvalue weighted by atomic mass is 9.97. The van der Waals surface area contributed by atoms with Crippen molar-refractivity contribution in [2.75, 3.05) is 19.6 Å². The van der Waals surface area contributed by atoms with Crippen molar-refractivity contribution in [2.24, 2.45) is 5.92 Å². The standard InChI is InChI=1S/C22H31FN4O2/c1-3-4-5-6-11-24-22(28)18-8-7-12-27(14-18)15-20-25-21(26-29-20)17-10-9-16(2)19(23)13-17/h9-10,13,18H,3-8,11-12,14-15H2,1-2H3,(H,24,28). The maximum atomic E-state index is 13.8. The maximum absolute atomic E-state index is 13.8. The van der Waals surface area contributed by atoms with Crippen molar-refractivity contribution in [3.05, 3.63) is 35.5 Å². The summed E-state index contributed by atoms with van der Waals surface area (Å²) in [5.41, 5.74) is 1.18.